The molecule has 0 radical (unpaired) electrons. The smallest absolute Gasteiger partial charge is 0.303 e. The third kappa shape index (κ3) is 2.67. The summed E-state index contributed by atoms with van der Waals surface area (Å²) >= 11 is 6.71. The van der Waals surface area contributed by atoms with Crippen LogP contribution in [0.15, 0.2) is 23.0 Å². The number of H-pyrrole nitrogens is 1. The fourth-order valence-corrected chi connectivity index (χ4v) is 2.17. The first-order chi connectivity index (χ1) is 7.86. The second-order valence-electron chi connectivity index (χ2n) is 3.08. The maximum atomic E-state index is 12.4. The molecule has 90 valence electrons. The Hall–Kier alpha value is -1.34. The molecule has 0 saturated carbocycles. The highest BCUT2D eigenvalue weighted by Gasteiger charge is 2.34. The van der Waals surface area contributed by atoms with E-state index in [1.807, 2.05) is 0 Å². The van der Waals surface area contributed by atoms with Crippen molar-refractivity contribution in [2.75, 3.05) is 0 Å². The van der Waals surface area contributed by atoms with Gasteiger partial charge in [0.2, 0.25) is 5.82 Å². The van der Waals surface area contributed by atoms with Gasteiger partial charge in [-0.2, -0.15) is 13.2 Å². The Labute approximate surface area is 102 Å². The lowest BCUT2D eigenvalue weighted by Gasteiger charge is -2.05. The number of nitrogens with one attached hydrogen (secondary N) is 1. The molecule has 3 nitrogen and oxygen atoms in total. The third-order valence-electron chi connectivity index (χ3n) is 1.84. The van der Waals surface area contributed by atoms with Crippen LogP contribution >= 0.6 is 22.9 Å². The monoisotopic (exact) mass is 280 g/mol. The van der Waals surface area contributed by atoms with Gasteiger partial charge >= 0.3 is 6.18 Å². The summed E-state index contributed by atoms with van der Waals surface area (Å²) in [5.74, 6) is -1.32. The van der Waals surface area contributed by atoms with E-state index < -0.39 is 17.6 Å². The van der Waals surface area contributed by atoms with Crippen LogP contribution in [0.4, 0.5) is 13.2 Å². The molecule has 8 heteroatoms. The van der Waals surface area contributed by atoms with E-state index in [2.05, 4.69) is 4.98 Å². The second-order valence-corrected chi connectivity index (χ2v) is 4.80. The van der Waals surface area contributed by atoms with E-state index in [0.29, 0.717) is 9.21 Å². The van der Waals surface area contributed by atoms with Gasteiger partial charge in [0, 0.05) is 6.07 Å². The van der Waals surface area contributed by atoms with Crippen molar-refractivity contribution in [3.63, 3.8) is 0 Å². The van der Waals surface area contributed by atoms with Gasteiger partial charge in [0.25, 0.3) is 5.56 Å². The van der Waals surface area contributed by atoms with E-state index in [1.54, 1.807) is 4.98 Å². The first-order valence-electron chi connectivity index (χ1n) is 4.30. The quantitative estimate of drug-likeness (QED) is 0.872. The summed E-state index contributed by atoms with van der Waals surface area (Å²) in [5.41, 5.74) is -0.898. The molecule has 0 bridgehead atoms. The Morgan fingerprint density at radius 1 is 1.35 bits per heavy atom. The van der Waals surface area contributed by atoms with Gasteiger partial charge in [0.05, 0.1) is 14.9 Å². The Morgan fingerprint density at radius 3 is 2.59 bits per heavy atom. The molecule has 0 aliphatic carbocycles. The van der Waals surface area contributed by atoms with Crippen LogP contribution in [0.25, 0.3) is 10.6 Å². The molecular formula is C9H4ClF3N2OS. The minimum Gasteiger partial charge on any atom is -0.303 e. The van der Waals surface area contributed by atoms with E-state index >= 15 is 0 Å². The van der Waals surface area contributed by atoms with Crippen LogP contribution in [0.1, 0.15) is 5.82 Å². The fraction of sp³-hybridized carbons (Fsp3) is 0.111. The highest BCUT2D eigenvalue weighted by atomic mass is 35.5. The average Bonchev–Trinajstić information content (AvgIpc) is 2.62. The normalized spacial score (nSPS) is 11.8. The van der Waals surface area contributed by atoms with Crippen LogP contribution in [0.3, 0.4) is 0 Å². The summed E-state index contributed by atoms with van der Waals surface area (Å²) in [4.78, 5) is 16.5. The number of thiophene rings is 1. The van der Waals surface area contributed by atoms with Crippen molar-refractivity contribution in [3.05, 3.63) is 38.7 Å². The summed E-state index contributed by atoms with van der Waals surface area (Å²) in [6, 6.07) is 4.03. The van der Waals surface area contributed by atoms with Gasteiger partial charge in [-0.1, -0.05) is 11.6 Å². The van der Waals surface area contributed by atoms with Gasteiger partial charge in [-0.3, -0.25) is 4.79 Å². The molecule has 0 amide bonds. The molecule has 0 aliphatic rings. The van der Waals surface area contributed by atoms with Crippen molar-refractivity contribution in [1.29, 1.82) is 0 Å². The van der Waals surface area contributed by atoms with Crippen LogP contribution in [0.5, 0.6) is 0 Å². The van der Waals surface area contributed by atoms with Gasteiger partial charge in [-0.05, 0) is 12.1 Å². The summed E-state index contributed by atoms with van der Waals surface area (Å²) < 4.78 is 37.7. The van der Waals surface area contributed by atoms with Crippen LogP contribution in [0.2, 0.25) is 4.34 Å². The van der Waals surface area contributed by atoms with Crippen LogP contribution in [0, 0.1) is 0 Å². The zero-order valence-corrected chi connectivity index (χ0v) is 9.58. The van der Waals surface area contributed by atoms with Crippen LogP contribution in [-0.2, 0) is 6.18 Å². The number of aromatic amines is 1. The fourth-order valence-electron chi connectivity index (χ4n) is 1.17. The molecule has 2 aromatic heterocycles. The molecule has 0 spiro atoms. The minimum absolute atomic E-state index is 0.0435. The average molecular weight is 281 g/mol. The first-order valence-corrected chi connectivity index (χ1v) is 5.50. The number of aromatic nitrogens is 2. The number of halogens is 4. The molecule has 2 rings (SSSR count). The lowest BCUT2D eigenvalue weighted by molar-refractivity contribution is -0.145. The first kappa shape index (κ1) is 12.1. The molecule has 2 heterocycles. The lowest BCUT2D eigenvalue weighted by Crippen LogP contribution is -2.18. The van der Waals surface area contributed by atoms with Gasteiger partial charge < -0.3 is 4.98 Å². The number of rotatable bonds is 1. The van der Waals surface area contributed by atoms with E-state index in [9.17, 15) is 18.0 Å². The van der Waals surface area contributed by atoms with Crippen LogP contribution < -0.4 is 5.56 Å². The Morgan fingerprint density at radius 2 is 2.06 bits per heavy atom. The summed E-state index contributed by atoms with van der Waals surface area (Å²) in [6.45, 7) is 0. The van der Waals surface area contributed by atoms with Crippen molar-refractivity contribution >= 4 is 22.9 Å². The molecular weight excluding hydrogens is 277 g/mol. The zero-order chi connectivity index (χ0) is 12.6. The predicted octanol–water partition coefficient (Wildman–Crippen LogP) is 3.17. The maximum Gasteiger partial charge on any atom is 0.449 e. The molecule has 0 unspecified atom stereocenters. The van der Waals surface area contributed by atoms with E-state index in [0.717, 1.165) is 17.4 Å². The summed E-state index contributed by atoms with van der Waals surface area (Å²) in [6.07, 6.45) is -4.68. The number of hydrogen-bond acceptors (Lipinski definition) is 3. The molecule has 0 atom stereocenters. The van der Waals surface area contributed by atoms with Crippen molar-refractivity contribution in [2.24, 2.45) is 0 Å². The topological polar surface area (TPSA) is 45.8 Å². The molecule has 2 aromatic rings. The van der Waals surface area contributed by atoms with Gasteiger partial charge in [0.1, 0.15) is 0 Å². The number of nitrogens with zero attached hydrogens (tertiary/aromatic N) is 1. The molecule has 1 N–H and O–H groups in total. The minimum atomic E-state index is -4.68. The van der Waals surface area contributed by atoms with Crippen molar-refractivity contribution < 1.29 is 13.2 Å². The number of hydrogen-bond donors (Lipinski definition) is 1. The standard InChI is InChI=1S/C9H4ClF3N2OS/c10-6-2-1-5(17-6)4-3-7(16)15-8(14-4)9(11,12)13/h1-3H,(H,14,15,16). The molecule has 0 saturated heterocycles. The second kappa shape index (κ2) is 4.15. The van der Waals surface area contributed by atoms with Crippen LogP contribution in [-0.4, -0.2) is 9.97 Å². The molecule has 0 aliphatic heterocycles. The predicted molar refractivity (Wildman–Crippen MR) is 58.2 cm³/mol. The van der Waals surface area contributed by atoms with E-state index in [4.69, 9.17) is 11.6 Å². The summed E-state index contributed by atoms with van der Waals surface area (Å²) in [5, 5.41) is 0. The number of alkyl halides is 3. The molecule has 0 aromatic carbocycles. The molecule has 0 fully saturated rings. The Bertz CT molecular complexity index is 605. The highest BCUT2D eigenvalue weighted by molar-refractivity contribution is 7.19. The van der Waals surface area contributed by atoms with Gasteiger partial charge in [-0.25, -0.2) is 4.98 Å². The van der Waals surface area contributed by atoms with E-state index in [1.165, 1.54) is 12.1 Å². The third-order valence-corrected chi connectivity index (χ3v) is 3.09. The molecule has 17 heavy (non-hydrogen) atoms. The zero-order valence-electron chi connectivity index (χ0n) is 8.01. The Balaban J connectivity index is 2.57. The largest absolute Gasteiger partial charge is 0.449 e. The van der Waals surface area contributed by atoms with Crippen molar-refractivity contribution in [1.82, 2.24) is 9.97 Å². The SMILES string of the molecule is O=c1cc(-c2ccc(Cl)s2)nc(C(F)(F)F)[nH]1. The lowest BCUT2D eigenvalue weighted by atomic mass is 10.3. The maximum absolute atomic E-state index is 12.4. The summed E-state index contributed by atoms with van der Waals surface area (Å²) in [7, 11) is 0. The Kier molecular flexibility index (Phi) is 2.96. The van der Waals surface area contributed by atoms with Crippen molar-refractivity contribution in [3.8, 4) is 10.6 Å². The van der Waals surface area contributed by atoms with Gasteiger partial charge in [-0.15, -0.1) is 11.3 Å². The van der Waals surface area contributed by atoms with E-state index in [-0.39, 0.29) is 5.69 Å². The van der Waals surface area contributed by atoms with Crippen molar-refractivity contribution in [2.45, 2.75) is 6.18 Å². The highest BCUT2D eigenvalue weighted by Crippen LogP contribution is 2.31. The van der Waals surface area contributed by atoms with Gasteiger partial charge in [0.15, 0.2) is 0 Å².